The number of rotatable bonds is 3. The summed E-state index contributed by atoms with van der Waals surface area (Å²) in [7, 11) is 2.16. The number of likely N-dealkylation sites (tertiary alicyclic amines) is 1. The first-order valence-corrected chi connectivity index (χ1v) is 7.89. The van der Waals surface area contributed by atoms with Crippen LogP contribution in [0.3, 0.4) is 0 Å². The third-order valence-corrected chi connectivity index (χ3v) is 4.25. The van der Waals surface area contributed by atoms with Gasteiger partial charge in [0, 0.05) is 18.1 Å². The second-order valence-corrected chi connectivity index (χ2v) is 6.48. The topological polar surface area (TPSA) is 27.3 Å². The third kappa shape index (κ3) is 4.77. The Morgan fingerprint density at radius 3 is 2.95 bits per heavy atom. The first-order chi connectivity index (χ1) is 9.54. The Labute approximate surface area is 135 Å². The van der Waals surface area contributed by atoms with Gasteiger partial charge in [-0.05, 0) is 62.8 Å². The van der Waals surface area contributed by atoms with E-state index in [1.54, 1.807) is 12.1 Å². The van der Waals surface area contributed by atoms with Gasteiger partial charge >= 0.3 is 0 Å². The first kappa shape index (κ1) is 15.8. The molecule has 110 valence electrons. The monoisotopic (exact) mass is 331 g/mol. The quantitative estimate of drug-likeness (QED) is 0.827. The molecular formula is C14H19Cl2N3S. The maximum atomic E-state index is 6.10. The van der Waals surface area contributed by atoms with E-state index in [1.807, 2.05) is 6.07 Å². The molecule has 0 radical (unpaired) electrons. The second-order valence-electron chi connectivity index (χ2n) is 5.23. The average molecular weight is 332 g/mol. The molecule has 3 nitrogen and oxygen atoms in total. The van der Waals surface area contributed by atoms with Crippen molar-refractivity contribution < 1.29 is 0 Å². The Bertz CT molecular complexity index is 481. The van der Waals surface area contributed by atoms with Crippen molar-refractivity contribution in [2.75, 3.05) is 32.0 Å². The molecule has 1 aromatic carbocycles. The Hall–Kier alpha value is -0.550. The van der Waals surface area contributed by atoms with Crippen molar-refractivity contribution in [2.24, 2.45) is 5.92 Å². The molecule has 1 atom stereocenters. The van der Waals surface area contributed by atoms with Gasteiger partial charge in [-0.3, -0.25) is 0 Å². The number of hydrogen-bond donors (Lipinski definition) is 2. The minimum Gasteiger partial charge on any atom is -0.362 e. The van der Waals surface area contributed by atoms with Crippen LogP contribution in [0.15, 0.2) is 18.2 Å². The minimum atomic E-state index is 0.569. The van der Waals surface area contributed by atoms with E-state index in [2.05, 4.69) is 22.6 Å². The van der Waals surface area contributed by atoms with Gasteiger partial charge in [0.2, 0.25) is 0 Å². The number of anilines is 1. The summed E-state index contributed by atoms with van der Waals surface area (Å²) in [5.41, 5.74) is 0.773. The fourth-order valence-corrected chi connectivity index (χ4v) is 3.08. The number of piperidine rings is 1. The van der Waals surface area contributed by atoms with Crippen LogP contribution in [0.4, 0.5) is 5.69 Å². The number of thiocarbonyl (C=S) groups is 1. The molecule has 1 aliphatic rings. The summed E-state index contributed by atoms with van der Waals surface area (Å²) in [6.07, 6.45) is 2.51. The van der Waals surface area contributed by atoms with Gasteiger partial charge < -0.3 is 15.5 Å². The number of halogens is 2. The van der Waals surface area contributed by atoms with Gasteiger partial charge in [0.15, 0.2) is 5.11 Å². The van der Waals surface area contributed by atoms with Gasteiger partial charge in [0.1, 0.15) is 0 Å². The van der Waals surface area contributed by atoms with E-state index in [9.17, 15) is 0 Å². The van der Waals surface area contributed by atoms with E-state index >= 15 is 0 Å². The van der Waals surface area contributed by atoms with Gasteiger partial charge in [-0.1, -0.05) is 23.2 Å². The molecule has 0 amide bonds. The van der Waals surface area contributed by atoms with Gasteiger partial charge in [-0.25, -0.2) is 0 Å². The Morgan fingerprint density at radius 2 is 2.25 bits per heavy atom. The summed E-state index contributed by atoms with van der Waals surface area (Å²) in [5, 5.41) is 8.15. The zero-order chi connectivity index (χ0) is 14.5. The van der Waals surface area contributed by atoms with Crippen molar-refractivity contribution in [3.05, 3.63) is 28.2 Å². The van der Waals surface area contributed by atoms with E-state index in [4.69, 9.17) is 35.4 Å². The molecule has 2 N–H and O–H groups in total. The zero-order valence-corrected chi connectivity index (χ0v) is 13.8. The van der Waals surface area contributed by atoms with Crippen molar-refractivity contribution in [1.82, 2.24) is 10.2 Å². The lowest BCUT2D eigenvalue weighted by Crippen LogP contribution is -2.40. The predicted octanol–water partition coefficient (Wildman–Crippen LogP) is 3.62. The lowest BCUT2D eigenvalue weighted by atomic mass is 9.99. The van der Waals surface area contributed by atoms with Crippen molar-refractivity contribution in [1.29, 1.82) is 0 Å². The fraction of sp³-hybridized carbons (Fsp3) is 0.500. The Balaban J connectivity index is 1.80. The molecule has 20 heavy (non-hydrogen) atoms. The molecule has 2 rings (SSSR count). The highest BCUT2D eigenvalue weighted by Crippen LogP contribution is 2.25. The second kappa shape index (κ2) is 7.46. The summed E-state index contributed by atoms with van der Waals surface area (Å²) in [4.78, 5) is 2.36. The first-order valence-electron chi connectivity index (χ1n) is 6.73. The summed E-state index contributed by atoms with van der Waals surface area (Å²) in [6, 6.07) is 5.31. The van der Waals surface area contributed by atoms with E-state index in [1.165, 1.54) is 19.4 Å². The van der Waals surface area contributed by atoms with Crippen LogP contribution in [0.2, 0.25) is 10.0 Å². The van der Waals surface area contributed by atoms with Crippen LogP contribution < -0.4 is 10.6 Å². The molecule has 1 heterocycles. The van der Waals surface area contributed by atoms with Crippen LogP contribution >= 0.6 is 35.4 Å². The lowest BCUT2D eigenvalue weighted by molar-refractivity contribution is 0.211. The van der Waals surface area contributed by atoms with Crippen LogP contribution in [0.1, 0.15) is 12.8 Å². The van der Waals surface area contributed by atoms with Gasteiger partial charge in [-0.2, -0.15) is 0 Å². The summed E-state index contributed by atoms with van der Waals surface area (Å²) >= 11 is 17.3. The molecule has 1 fully saturated rings. The summed E-state index contributed by atoms with van der Waals surface area (Å²) in [6.45, 7) is 3.21. The molecule has 0 spiro atoms. The van der Waals surface area contributed by atoms with Crippen molar-refractivity contribution in [2.45, 2.75) is 12.8 Å². The van der Waals surface area contributed by atoms with Crippen LogP contribution in [0.5, 0.6) is 0 Å². The SMILES string of the molecule is CN1CCC[C@H](CNC(=S)Nc2ccc(Cl)cc2Cl)C1. The van der Waals surface area contributed by atoms with E-state index < -0.39 is 0 Å². The van der Waals surface area contributed by atoms with Gasteiger partial charge in [-0.15, -0.1) is 0 Å². The summed E-state index contributed by atoms with van der Waals surface area (Å²) < 4.78 is 0. The number of hydrogen-bond acceptors (Lipinski definition) is 2. The normalized spacial score (nSPS) is 19.6. The molecular weight excluding hydrogens is 313 g/mol. The van der Waals surface area contributed by atoms with Crippen LogP contribution in [-0.4, -0.2) is 36.7 Å². The molecule has 1 aliphatic heterocycles. The minimum absolute atomic E-state index is 0.569. The van der Waals surface area contributed by atoms with Gasteiger partial charge in [0.25, 0.3) is 0 Å². The molecule has 1 aromatic rings. The maximum Gasteiger partial charge on any atom is 0.170 e. The third-order valence-electron chi connectivity index (χ3n) is 3.45. The number of nitrogens with one attached hydrogen (secondary N) is 2. The number of benzene rings is 1. The molecule has 0 unspecified atom stereocenters. The van der Waals surface area contributed by atoms with E-state index in [0.717, 1.165) is 18.8 Å². The number of nitrogens with zero attached hydrogens (tertiary/aromatic N) is 1. The highest BCUT2D eigenvalue weighted by molar-refractivity contribution is 7.80. The molecule has 0 aromatic heterocycles. The van der Waals surface area contributed by atoms with E-state index in [-0.39, 0.29) is 0 Å². The van der Waals surface area contributed by atoms with Crippen molar-refractivity contribution in [3.8, 4) is 0 Å². The maximum absolute atomic E-state index is 6.10. The molecule has 1 saturated heterocycles. The molecule has 0 aliphatic carbocycles. The lowest BCUT2D eigenvalue weighted by Gasteiger charge is -2.30. The predicted molar refractivity (Wildman–Crippen MR) is 90.9 cm³/mol. The van der Waals surface area contributed by atoms with Crippen LogP contribution in [0.25, 0.3) is 0 Å². The van der Waals surface area contributed by atoms with Crippen LogP contribution in [-0.2, 0) is 0 Å². The van der Waals surface area contributed by atoms with Gasteiger partial charge in [0.05, 0.1) is 10.7 Å². The Morgan fingerprint density at radius 1 is 1.45 bits per heavy atom. The fourth-order valence-electron chi connectivity index (χ4n) is 2.43. The smallest absolute Gasteiger partial charge is 0.170 e. The largest absolute Gasteiger partial charge is 0.362 e. The zero-order valence-electron chi connectivity index (χ0n) is 11.5. The highest BCUT2D eigenvalue weighted by Gasteiger charge is 2.17. The highest BCUT2D eigenvalue weighted by atomic mass is 35.5. The average Bonchev–Trinajstić information content (AvgIpc) is 2.40. The molecule has 0 saturated carbocycles. The van der Waals surface area contributed by atoms with Crippen molar-refractivity contribution in [3.63, 3.8) is 0 Å². The van der Waals surface area contributed by atoms with E-state index in [0.29, 0.717) is 21.1 Å². The molecule has 0 bridgehead atoms. The summed E-state index contributed by atoms with van der Waals surface area (Å²) in [5.74, 6) is 0.647. The van der Waals surface area contributed by atoms with Crippen LogP contribution in [0, 0.1) is 5.92 Å². The molecule has 6 heteroatoms. The van der Waals surface area contributed by atoms with Crippen molar-refractivity contribution >= 4 is 46.2 Å². The standard InChI is InChI=1S/C14H19Cl2N3S/c1-19-6-2-3-10(9-19)8-17-14(20)18-13-5-4-11(15)7-12(13)16/h4-5,7,10H,2-3,6,8-9H2,1H3,(H2,17,18,20)/t10-/m1/s1. The Kier molecular flexibility index (Phi) is 5.90.